The topological polar surface area (TPSA) is 72.3 Å². The fraction of sp³-hybridized carbons (Fsp3) is 0. The van der Waals surface area contributed by atoms with Gasteiger partial charge in [-0.1, -0.05) is 53.5 Å². The van der Waals surface area contributed by atoms with Crippen LogP contribution in [0.1, 0.15) is 0 Å². The van der Waals surface area contributed by atoms with E-state index in [0.29, 0.717) is 15.3 Å². The Morgan fingerprint density at radius 2 is 1.59 bits per heavy atom. The number of fused-ring (bicyclic) bond motifs is 3. The van der Waals surface area contributed by atoms with Crippen LogP contribution in [0.25, 0.3) is 10.9 Å². The number of aromatic nitrogens is 2. The van der Waals surface area contributed by atoms with Crippen molar-refractivity contribution in [1.82, 2.24) is 8.96 Å². The number of anilines is 3. The standard InChI is InChI=1S/C20H11Cl2N3O3S/c21-12-10-14-18(15(22)11-12)23-20-24(13-6-2-1-3-7-13)16-8-4-5-9-17(16)29(27,28)25(20)19(14)26/h1-11H. The molecular formula is C20H11Cl2N3O3S. The van der Waals surface area contributed by atoms with Gasteiger partial charge in [0.1, 0.15) is 4.90 Å². The van der Waals surface area contributed by atoms with Crippen molar-refractivity contribution < 1.29 is 8.42 Å². The van der Waals surface area contributed by atoms with Gasteiger partial charge in [0.25, 0.3) is 15.6 Å². The molecule has 0 saturated carbocycles. The van der Waals surface area contributed by atoms with Crippen LogP contribution in [0.5, 0.6) is 0 Å². The molecule has 1 aromatic heterocycles. The van der Waals surface area contributed by atoms with Crippen molar-refractivity contribution >= 4 is 61.5 Å². The molecule has 0 N–H and O–H groups in total. The van der Waals surface area contributed by atoms with E-state index in [0.717, 1.165) is 0 Å². The zero-order chi connectivity index (χ0) is 20.3. The summed E-state index contributed by atoms with van der Waals surface area (Å²) in [5, 5.41) is 0.412. The van der Waals surface area contributed by atoms with E-state index in [9.17, 15) is 13.2 Å². The van der Waals surface area contributed by atoms with Gasteiger partial charge in [-0.15, -0.1) is 0 Å². The molecule has 6 nitrogen and oxygen atoms in total. The molecule has 0 atom stereocenters. The molecule has 1 aliphatic heterocycles. The van der Waals surface area contributed by atoms with Crippen LogP contribution in [0.4, 0.5) is 17.3 Å². The Morgan fingerprint density at radius 1 is 0.897 bits per heavy atom. The molecule has 0 amide bonds. The van der Waals surface area contributed by atoms with Crippen LogP contribution < -0.4 is 10.5 Å². The van der Waals surface area contributed by atoms with E-state index in [1.165, 1.54) is 18.2 Å². The van der Waals surface area contributed by atoms with Crippen molar-refractivity contribution in [3.05, 3.63) is 87.1 Å². The number of hydrogen-bond donors (Lipinski definition) is 0. The summed E-state index contributed by atoms with van der Waals surface area (Å²) in [6.07, 6.45) is 0. The van der Waals surface area contributed by atoms with Crippen LogP contribution in [-0.4, -0.2) is 17.4 Å². The second kappa shape index (κ2) is 6.32. The maximum Gasteiger partial charge on any atom is 0.277 e. The van der Waals surface area contributed by atoms with E-state index in [2.05, 4.69) is 4.98 Å². The van der Waals surface area contributed by atoms with Crippen molar-refractivity contribution in [3.63, 3.8) is 0 Å². The zero-order valence-corrected chi connectivity index (χ0v) is 16.9. The SMILES string of the molecule is O=c1c2cc(Cl)cc(Cl)c2nc2n1S(=O)(=O)c1ccccc1N2c1ccccc1. The molecule has 4 aromatic rings. The predicted molar refractivity (Wildman–Crippen MR) is 113 cm³/mol. The highest BCUT2D eigenvalue weighted by atomic mass is 35.5. The summed E-state index contributed by atoms with van der Waals surface area (Å²) in [7, 11) is -4.18. The zero-order valence-electron chi connectivity index (χ0n) is 14.6. The van der Waals surface area contributed by atoms with Gasteiger partial charge in [-0.3, -0.25) is 9.69 Å². The summed E-state index contributed by atoms with van der Waals surface area (Å²) >= 11 is 12.3. The predicted octanol–water partition coefficient (Wildman–Crippen LogP) is 4.72. The summed E-state index contributed by atoms with van der Waals surface area (Å²) in [6, 6.07) is 18.4. The number of halogens is 2. The van der Waals surface area contributed by atoms with Gasteiger partial charge < -0.3 is 0 Å². The van der Waals surface area contributed by atoms with Crippen LogP contribution in [0.15, 0.2) is 76.4 Å². The third kappa shape index (κ3) is 2.58. The molecule has 0 saturated heterocycles. The molecule has 0 aliphatic carbocycles. The Bertz CT molecular complexity index is 1470. The van der Waals surface area contributed by atoms with E-state index < -0.39 is 15.6 Å². The van der Waals surface area contributed by atoms with Gasteiger partial charge >= 0.3 is 0 Å². The monoisotopic (exact) mass is 443 g/mol. The van der Waals surface area contributed by atoms with Gasteiger partial charge in [0, 0.05) is 10.7 Å². The minimum absolute atomic E-state index is 0.00716. The van der Waals surface area contributed by atoms with Gasteiger partial charge in [0.05, 0.1) is 21.6 Å². The molecule has 0 spiro atoms. The van der Waals surface area contributed by atoms with Crippen LogP contribution in [-0.2, 0) is 10.0 Å². The Balaban J connectivity index is 1.99. The van der Waals surface area contributed by atoms with Gasteiger partial charge in [-0.25, -0.2) is 13.4 Å². The number of rotatable bonds is 1. The van der Waals surface area contributed by atoms with Crippen molar-refractivity contribution in [2.75, 3.05) is 4.90 Å². The van der Waals surface area contributed by atoms with E-state index >= 15 is 0 Å². The number of nitrogens with zero attached hydrogens (tertiary/aromatic N) is 3. The lowest BCUT2D eigenvalue weighted by atomic mass is 10.2. The molecule has 144 valence electrons. The van der Waals surface area contributed by atoms with Crippen LogP contribution in [0, 0.1) is 0 Å². The Labute approximate surface area is 175 Å². The summed E-state index contributed by atoms with van der Waals surface area (Å²) in [6.45, 7) is 0. The van der Waals surface area contributed by atoms with E-state index in [-0.39, 0.29) is 31.8 Å². The Kier molecular flexibility index (Phi) is 3.96. The molecule has 0 bridgehead atoms. The van der Waals surface area contributed by atoms with E-state index in [4.69, 9.17) is 23.2 Å². The van der Waals surface area contributed by atoms with E-state index in [1.54, 1.807) is 35.2 Å². The molecule has 5 rings (SSSR count). The maximum absolute atomic E-state index is 13.3. The van der Waals surface area contributed by atoms with Crippen LogP contribution in [0.2, 0.25) is 10.0 Å². The van der Waals surface area contributed by atoms with Gasteiger partial charge in [0.2, 0.25) is 5.95 Å². The first-order valence-electron chi connectivity index (χ1n) is 8.51. The number of benzene rings is 3. The number of hydrogen-bond acceptors (Lipinski definition) is 5. The maximum atomic E-state index is 13.3. The second-order valence-electron chi connectivity index (χ2n) is 6.41. The average Bonchev–Trinajstić information content (AvgIpc) is 2.70. The molecule has 9 heteroatoms. The van der Waals surface area contributed by atoms with Crippen LogP contribution >= 0.6 is 23.2 Å². The fourth-order valence-electron chi connectivity index (χ4n) is 3.44. The first kappa shape index (κ1) is 18.2. The van der Waals surface area contributed by atoms with Crippen molar-refractivity contribution in [2.45, 2.75) is 4.90 Å². The molecule has 0 radical (unpaired) electrons. The van der Waals surface area contributed by atoms with E-state index in [1.807, 2.05) is 18.2 Å². The highest BCUT2D eigenvalue weighted by molar-refractivity contribution is 7.90. The van der Waals surface area contributed by atoms with Crippen LogP contribution in [0.3, 0.4) is 0 Å². The summed E-state index contributed by atoms with van der Waals surface area (Å²) in [5.41, 5.74) is 0.475. The van der Waals surface area contributed by atoms with Crippen molar-refractivity contribution in [1.29, 1.82) is 0 Å². The Morgan fingerprint density at radius 3 is 2.34 bits per heavy atom. The minimum atomic E-state index is -4.18. The summed E-state index contributed by atoms with van der Waals surface area (Å²) in [4.78, 5) is 19.4. The molecule has 3 aromatic carbocycles. The third-order valence-corrected chi connectivity index (χ3v) is 6.89. The molecule has 0 fully saturated rings. The lowest BCUT2D eigenvalue weighted by molar-refractivity contribution is 0.583. The van der Waals surface area contributed by atoms with Gasteiger partial charge in [0.15, 0.2) is 0 Å². The van der Waals surface area contributed by atoms with Gasteiger partial charge in [-0.2, -0.15) is 3.97 Å². The normalized spacial score (nSPS) is 14.5. The average molecular weight is 444 g/mol. The minimum Gasteiger partial charge on any atom is -0.278 e. The summed E-state index contributed by atoms with van der Waals surface area (Å²) < 4.78 is 27.4. The first-order chi connectivity index (χ1) is 13.9. The lowest BCUT2D eigenvalue weighted by Crippen LogP contribution is -2.37. The quantitative estimate of drug-likeness (QED) is 0.374. The largest absolute Gasteiger partial charge is 0.278 e. The molecule has 29 heavy (non-hydrogen) atoms. The molecule has 2 heterocycles. The lowest BCUT2D eigenvalue weighted by Gasteiger charge is -2.32. The fourth-order valence-corrected chi connectivity index (χ4v) is 5.50. The second-order valence-corrected chi connectivity index (χ2v) is 9.01. The summed E-state index contributed by atoms with van der Waals surface area (Å²) in [5.74, 6) is -0.0587. The molecule has 1 aliphatic rings. The Hall–Kier alpha value is -2.87. The first-order valence-corrected chi connectivity index (χ1v) is 10.7. The third-order valence-electron chi connectivity index (χ3n) is 4.68. The van der Waals surface area contributed by atoms with Crippen molar-refractivity contribution in [3.8, 4) is 0 Å². The highest BCUT2D eigenvalue weighted by Crippen LogP contribution is 2.42. The number of para-hydroxylation sites is 2. The van der Waals surface area contributed by atoms with Crippen molar-refractivity contribution in [2.24, 2.45) is 0 Å². The molecular weight excluding hydrogens is 433 g/mol. The van der Waals surface area contributed by atoms with Gasteiger partial charge in [-0.05, 0) is 36.4 Å². The molecule has 0 unspecified atom stereocenters. The smallest absolute Gasteiger partial charge is 0.277 e. The highest BCUT2D eigenvalue weighted by Gasteiger charge is 2.37.